The van der Waals surface area contributed by atoms with E-state index >= 15 is 0 Å². The summed E-state index contributed by atoms with van der Waals surface area (Å²) in [6.45, 7) is 6.66. The van der Waals surface area contributed by atoms with Gasteiger partial charge in [-0.3, -0.25) is 14.4 Å². The highest BCUT2D eigenvalue weighted by Gasteiger charge is 2.46. The van der Waals surface area contributed by atoms with Crippen LogP contribution in [0.4, 0.5) is 29.3 Å². The number of rotatable bonds is 6. The summed E-state index contributed by atoms with van der Waals surface area (Å²) in [7, 11) is 3.45. The lowest BCUT2D eigenvalue weighted by molar-refractivity contribution is -0.137. The largest absolute Gasteiger partial charge is 0.505 e. The number of benzene rings is 2. The zero-order valence-electron chi connectivity index (χ0n) is 34.2. The molecule has 1 aliphatic carbocycles. The van der Waals surface area contributed by atoms with Gasteiger partial charge in [0.15, 0.2) is 11.5 Å². The van der Waals surface area contributed by atoms with Crippen LogP contribution in [-0.4, -0.2) is 115 Å². The highest BCUT2D eigenvalue weighted by Crippen LogP contribution is 2.45. The van der Waals surface area contributed by atoms with Crippen molar-refractivity contribution < 1.29 is 32.7 Å². The molecule has 0 unspecified atom stereocenters. The highest BCUT2D eigenvalue weighted by molar-refractivity contribution is 6.33. The van der Waals surface area contributed by atoms with Crippen LogP contribution < -0.4 is 15.8 Å². The molecule has 2 saturated heterocycles. The van der Waals surface area contributed by atoms with Crippen LogP contribution in [0.5, 0.6) is 5.75 Å². The van der Waals surface area contributed by atoms with Gasteiger partial charge in [0.25, 0.3) is 11.5 Å². The molecule has 19 heteroatoms. The third-order valence-corrected chi connectivity index (χ3v) is 11.8. The number of piperidine rings is 1. The summed E-state index contributed by atoms with van der Waals surface area (Å²) in [6, 6.07) is 13.1. The van der Waals surface area contributed by atoms with E-state index in [1.165, 1.54) is 22.8 Å². The van der Waals surface area contributed by atoms with Crippen molar-refractivity contribution in [2.45, 2.75) is 57.7 Å². The zero-order chi connectivity index (χ0) is 43.8. The van der Waals surface area contributed by atoms with Gasteiger partial charge in [-0.25, -0.2) is 9.78 Å². The number of fused-ring (bicyclic) bond motifs is 3. The van der Waals surface area contributed by atoms with Gasteiger partial charge in [0.1, 0.15) is 12.3 Å². The van der Waals surface area contributed by atoms with Crippen molar-refractivity contribution in [3.8, 4) is 17.1 Å². The number of nitrogens with one attached hydrogen (secondary N) is 1. The first-order valence-corrected chi connectivity index (χ1v) is 20.5. The van der Waals surface area contributed by atoms with E-state index in [0.29, 0.717) is 68.7 Å². The lowest BCUT2D eigenvalue weighted by atomic mass is 9.74. The number of pyridine rings is 1. The third-order valence-electron chi connectivity index (χ3n) is 11.5. The van der Waals surface area contributed by atoms with Crippen molar-refractivity contribution >= 4 is 46.6 Å². The van der Waals surface area contributed by atoms with E-state index in [9.17, 15) is 37.5 Å². The molecule has 4 amide bonds. The van der Waals surface area contributed by atoms with Crippen LogP contribution in [0.2, 0.25) is 5.02 Å². The van der Waals surface area contributed by atoms with Crippen molar-refractivity contribution in [2.75, 3.05) is 63.6 Å². The molecule has 3 aromatic heterocycles. The van der Waals surface area contributed by atoms with E-state index in [2.05, 4.69) is 20.3 Å². The number of carbonyl (C=O) groups is 3. The maximum Gasteiger partial charge on any atom is 0.416 e. The minimum atomic E-state index is -4.62. The second-order valence-corrected chi connectivity index (χ2v) is 15.6. The highest BCUT2D eigenvalue weighted by atomic mass is 35.5. The predicted octanol–water partition coefficient (Wildman–Crippen LogP) is 5.92. The van der Waals surface area contributed by atoms with Crippen molar-refractivity contribution in [1.82, 2.24) is 38.8 Å². The van der Waals surface area contributed by atoms with Crippen molar-refractivity contribution in [3.05, 3.63) is 98.7 Å². The number of alkyl halides is 3. The van der Waals surface area contributed by atoms with Gasteiger partial charge in [-0.05, 0) is 80.3 Å². The van der Waals surface area contributed by atoms with Crippen LogP contribution in [0.3, 0.4) is 0 Å². The molecule has 5 aromatic rings. The van der Waals surface area contributed by atoms with Crippen LogP contribution in [0.15, 0.2) is 65.6 Å². The molecule has 1 spiro atoms. The first-order chi connectivity index (χ1) is 29.1. The average molecular weight is 863 g/mol. The van der Waals surface area contributed by atoms with Gasteiger partial charge in [-0.2, -0.15) is 22.7 Å². The summed E-state index contributed by atoms with van der Waals surface area (Å²) in [4.78, 5) is 70.0. The van der Waals surface area contributed by atoms with E-state index in [1.54, 1.807) is 33.4 Å². The Hall–Kier alpha value is -6.17. The first kappa shape index (κ1) is 42.9. The lowest BCUT2D eigenvalue weighted by Crippen LogP contribution is -2.51. The van der Waals surface area contributed by atoms with Crippen LogP contribution >= 0.6 is 11.6 Å². The standard InChI is InChI=1S/C40H40ClF3N10O5.C2H6/c1-49(2)38(59)52-20-18-50(19-21-52)26-8-5-24(6-9-26)34-47-37-53(23-31(56)46-28-10-7-25(22-27(28)41)40(42,43)44)29-11-12-39(32(29)35(57)54(37)48-34)13-16-51(17-14-39)36(58)33-30(55)4-3-15-45-33;1-2/h3-10,15,22,55H,11-14,16-21,23H2,1-2H3,(H,46,56);1-2H3. The molecule has 8 rings (SSSR count). The Morgan fingerprint density at radius 2 is 1.62 bits per heavy atom. The number of urea groups is 1. The Bertz CT molecular complexity index is 2530. The number of likely N-dealkylation sites (tertiary alicyclic amines) is 1. The van der Waals surface area contributed by atoms with E-state index in [4.69, 9.17) is 16.6 Å². The van der Waals surface area contributed by atoms with Crippen molar-refractivity contribution in [3.63, 3.8) is 0 Å². The summed E-state index contributed by atoms with van der Waals surface area (Å²) in [5.41, 5.74) is 0.529. The van der Waals surface area contributed by atoms with Crippen LogP contribution in [0.1, 0.15) is 60.4 Å². The minimum absolute atomic E-state index is 0.0150. The SMILES string of the molecule is CC.CN(C)C(=O)N1CCN(c2ccc(-c3nc4n(CC(=O)Nc5ccc(C(F)(F)F)cc5Cl)c5c(c(=O)n4n3)C3(CC5)CCN(C(=O)c4ncccc4O)CC3)cc2)CC1. The fourth-order valence-electron chi connectivity index (χ4n) is 8.40. The average Bonchev–Trinajstić information content (AvgIpc) is 3.87. The van der Waals surface area contributed by atoms with E-state index in [1.807, 2.05) is 38.1 Å². The first-order valence-electron chi connectivity index (χ1n) is 20.1. The van der Waals surface area contributed by atoms with Gasteiger partial charge in [0.05, 0.1) is 16.3 Å². The second-order valence-electron chi connectivity index (χ2n) is 15.2. The van der Waals surface area contributed by atoms with Crippen LogP contribution in [-0.2, 0) is 29.4 Å². The minimum Gasteiger partial charge on any atom is -0.505 e. The molecule has 322 valence electrons. The Kier molecular flexibility index (Phi) is 12.0. The molecule has 5 heterocycles. The van der Waals surface area contributed by atoms with Crippen LogP contribution in [0.25, 0.3) is 17.2 Å². The normalized spacial score (nSPS) is 16.0. The molecule has 0 bridgehead atoms. The Labute approximate surface area is 354 Å². The van der Waals surface area contributed by atoms with E-state index in [0.717, 1.165) is 23.9 Å². The molecular formula is C42H46ClF3N10O5. The zero-order valence-corrected chi connectivity index (χ0v) is 34.9. The fourth-order valence-corrected chi connectivity index (χ4v) is 8.63. The van der Waals surface area contributed by atoms with E-state index in [-0.39, 0.29) is 59.4 Å². The molecule has 0 saturated carbocycles. The summed E-state index contributed by atoms with van der Waals surface area (Å²) < 4.78 is 42.8. The summed E-state index contributed by atoms with van der Waals surface area (Å²) in [6.07, 6.45) is -1.38. The number of halogens is 4. The Balaban J connectivity index is 0.00000277. The molecular weight excluding hydrogens is 817 g/mol. The molecule has 0 radical (unpaired) electrons. The quantitative estimate of drug-likeness (QED) is 0.211. The Morgan fingerprint density at radius 3 is 2.25 bits per heavy atom. The van der Waals surface area contributed by atoms with Gasteiger partial charge in [-0.1, -0.05) is 25.4 Å². The molecule has 61 heavy (non-hydrogen) atoms. The molecule has 0 atom stereocenters. The lowest BCUT2D eigenvalue weighted by Gasteiger charge is -2.39. The topological polar surface area (TPSA) is 162 Å². The summed E-state index contributed by atoms with van der Waals surface area (Å²) in [5.74, 6) is -0.909. The molecule has 2 aromatic carbocycles. The number of anilines is 2. The molecule has 2 N–H and O–H groups in total. The van der Waals surface area contributed by atoms with Gasteiger partial charge in [0.2, 0.25) is 11.7 Å². The molecule has 2 aliphatic heterocycles. The van der Waals surface area contributed by atoms with Crippen molar-refractivity contribution in [2.24, 2.45) is 0 Å². The monoisotopic (exact) mass is 862 g/mol. The van der Waals surface area contributed by atoms with Gasteiger partial charge in [-0.15, -0.1) is 5.10 Å². The number of hydrogen-bond donors (Lipinski definition) is 2. The van der Waals surface area contributed by atoms with Gasteiger partial charge < -0.3 is 34.6 Å². The fraction of sp³-hybridized carbons (Fsp3) is 0.405. The number of nitrogens with zero attached hydrogens (tertiary/aromatic N) is 9. The number of piperazine rings is 1. The molecule has 2 fully saturated rings. The number of amides is 4. The van der Waals surface area contributed by atoms with E-state index < -0.39 is 34.5 Å². The Morgan fingerprint density at radius 1 is 0.934 bits per heavy atom. The van der Waals surface area contributed by atoms with Crippen molar-refractivity contribution in [1.29, 1.82) is 0 Å². The smallest absolute Gasteiger partial charge is 0.416 e. The predicted molar refractivity (Wildman–Crippen MR) is 223 cm³/mol. The summed E-state index contributed by atoms with van der Waals surface area (Å²) in [5, 5.41) is 17.3. The number of hydrogen-bond acceptors (Lipinski definition) is 9. The number of aromatic nitrogens is 5. The third kappa shape index (κ3) is 8.32. The van der Waals surface area contributed by atoms with Gasteiger partial charge in [0, 0.05) is 87.5 Å². The second kappa shape index (κ2) is 17.1. The van der Waals surface area contributed by atoms with Crippen LogP contribution in [0, 0.1) is 0 Å². The maximum atomic E-state index is 14.6. The number of aromatic hydroxyl groups is 1. The molecule has 3 aliphatic rings. The van der Waals surface area contributed by atoms with Gasteiger partial charge >= 0.3 is 12.2 Å². The summed E-state index contributed by atoms with van der Waals surface area (Å²) >= 11 is 6.18. The number of carbonyl (C=O) groups excluding carboxylic acids is 3. The molecule has 15 nitrogen and oxygen atoms in total. The maximum absolute atomic E-state index is 14.6.